The Morgan fingerprint density at radius 3 is 2.27 bits per heavy atom. The van der Waals surface area contributed by atoms with E-state index in [0.717, 1.165) is 45.1 Å². The third kappa shape index (κ3) is 6.39. The Hall–Kier alpha value is -1.63. The highest BCUT2D eigenvalue weighted by molar-refractivity contribution is 7.89. The third-order valence-corrected chi connectivity index (χ3v) is 12.1. The van der Waals surface area contributed by atoms with Gasteiger partial charge in [0.25, 0.3) is 5.91 Å². The van der Waals surface area contributed by atoms with Gasteiger partial charge in [0.2, 0.25) is 15.9 Å². The molecular weight excluding hydrogens is 542 g/mol. The van der Waals surface area contributed by atoms with Crippen LogP contribution < -0.4 is 10.6 Å². The molecule has 9 nitrogen and oxygen atoms in total. The summed E-state index contributed by atoms with van der Waals surface area (Å²) in [6.07, 6.45) is 7.64. The standard InChI is InChI=1S/C28H42F2N4O5S/c29-28(30)9-7-18(8-10-28)14-31-21-3-1-19(2-4-21)17-40(36,37)34-23-5-6-24(34)12-22(11-23)32-27(35)25-13-26(39-33-25)20-15-38-16-20/h13,18-24,31H,1-12,14-17H2,(H,32,35)/t19?,21?,22?,23-,24+. The predicted octanol–water partition coefficient (Wildman–Crippen LogP) is 3.82. The van der Waals surface area contributed by atoms with Crippen LogP contribution in [-0.2, 0) is 14.8 Å². The summed E-state index contributed by atoms with van der Waals surface area (Å²) in [5.41, 5.74) is 0.259. The Balaban J connectivity index is 0.949. The van der Waals surface area contributed by atoms with E-state index in [0.29, 0.717) is 56.6 Å². The first-order chi connectivity index (χ1) is 19.1. The van der Waals surface area contributed by atoms with Gasteiger partial charge in [-0.1, -0.05) is 5.16 Å². The number of halogens is 2. The Morgan fingerprint density at radius 2 is 1.65 bits per heavy atom. The fourth-order valence-electron chi connectivity index (χ4n) is 7.51. The normalized spacial score (nSPS) is 33.5. The van der Waals surface area contributed by atoms with Crippen LogP contribution in [-0.4, -0.2) is 79.4 Å². The molecule has 1 amide bonds. The minimum absolute atomic E-state index is 0.00540. The Labute approximate surface area is 235 Å². The SMILES string of the molecule is O=C(NC1C[C@H]2CC[C@@H](C1)N2S(=O)(=O)CC1CCC(NCC2CCC(F)(F)CC2)CC1)c1cc(C2COC2)on1. The molecule has 1 aromatic heterocycles. The average Bonchev–Trinajstić information content (AvgIpc) is 3.46. The van der Waals surface area contributed by atoms with Gasteiger partial charge in [0.05, 0.1) is 24.9 Å². The number of sulfonamides is 1. The third-order valence-electron chi connectivity index (χ3n) is 9.95. The topological polar surface area (TPSA) is 114 Å². The van der Waals surface area contributed by atoms with Crippen molar-refractivity contribution >= 4 is 15.9 Å². The molecule has 224 valence electrons. The summed E-state index contributed by atoms with van der Waals surface area (Å²) in [6, 6.07) is 1.79. The smallest absolute Gasteiger partial charge is 0.273 e. The Kier molecular flexibility index (Phi) is 8.24. The minimum Gasteiger partial charge on any atom is -0.380 e. The van der Waals surface area contributed by atoms with Gasteiger partial charge in [0, 0.05) is 43.1 Å². The summed E-state index contributed by atoms with van der Waals surface area (Å²) in [7, 11) is -3.39. The second-order valence-electron chi connectivity index (χ2n) is 12.9. The van der Waals surface area contributed by atoms with Gasteiger partial charge in [-0.15, -0.1) is 0 Å². The highest BCUT2D eigenvalue weighted by Crippen LogP contribution is 2.40. The highest BCUT2D eigenvalue weighted by Gasteiger charge is 2.47. The fraction of sp³-hybridized carbons (Fsp3) is 0.857. The molecular formula is C28H42F2N4O5S. The molecule has 2 aliphatic carbocycles. The molecule has 2 N–H and O–H groups in total. The molecule has 2 saturated carbocycles. The number of nitrogens with zero attached hydrogens (tertiary/aromatic N) is 2. The van der Waals surface area contributed by atoms with Crippen molar-refractivity contribution in [3.8, 4) is 0 Å². The Morgan fingerprint density at radius 1 is 0.975 bits per heavy atom. The molecule has 0 radical (unpaired) electrons. The number of hydrogen-bond donors (Lipinski definition) is 2. The first-order valence-electron chi connectivity index (χ1n) is 15.1. The van der Waals surface area contributed by atoms with Crippen LogP contribution in [0.1, 0.15) is 99.2 Å². The van der Waals surface area contributed by atoms with E-state index in [-0.39, 0.29) is 60.2 Å². The second-order valence-corrected chi connectivity index (χ2v) is 14.8. The molecule has 5 aliphatic rings. The van der Waals surface area contributed by atoms with Gasteiger partial charge in [-0.2, -0.15) is 4.31 Å². The first kappa shape index (κ1) is 28.5. The summed E-state index contributed by atoms with van der Waals surface area (Å²) in [4.78, 5) is 12.8. The lowest BCUT2D eigenvalue weighted by molar-refractivity contribution is -0.0457. The molecule has 2 bridgehead atoms. The molecule has 3 atom stereocenters. The van der Waals surface area contributed by atoms with Crippen molar-refractivity contribution in [3.05, 3.63) is 17.5 Å². The van der Waals surface area contributed by atoms with Crippen molar-refractivity contribution in [1.82, 2.24) is 20.1 Å². The van der Waals surface area contributed by atoms with E-state index < -0.39 is 15.9 Å². The molecule has 3 aliphatic heterocycles. The molecule has 1 aromatic rings. The molecule has 0 spiro atoms. The number of ether oxygens (including phenoxy) is 1. The van der Waals surface area contributed by atoms with E-state index in [2.05, 4.69) is 15.8 Å². The van der Waals surface area contributed by atoms with E-state index in [9.17, 15) is 22.0 Å². The van der Waals surface area contributed by atoms with Crippen molar-refractivity contribution in [3.63, 3.8) is 0 Å². The van der Waals surface area contributed by atoms with Crippen molar-refractivity contribution in [1.29, 1.82) is 0 Å². The molecule has 5 fully saturated rings. The van der Waals surface area contributed by atoms with Crippen molar-refractivity contribution in [2.75, 3.05) is 25.5 Å². The second kappa shape index (κ2) is 11.6. The number of alkyl halides is 2. The van der Waals surface area contributed by atoms with Crippen molar-refractivity contribution < 1.29 is 31.3 Å². The van der Waals surface area contributed by atoms with Crippen LogP contribution in [0.2, 0.25) is 0 Å². The van der Waals surface area contributed by atoms with Gasteiger partial charge in [-0.25, -0.2) is 17.2 Å². The molecule has 0 aromatic carbocycles. The van der Waals surface area contributed by atoms with Crippen LogP contribution in [0.5, 0.6) is 0 Å². The van der Waals surface area contributed by atoms with Gasteiger partial charge in [-0.3, -0.25) is 4.79 Å². The van der Waals surface area contributed by atoms with Crippen LogP contribution in [0.4, 0.5) is 8.78 Å². The van der Waals surface area contributed by atoms with Crippen LogP contribution in [0.25, 0.3) is 0 Å². The molecule has 12 heteroatoms. The lowest BCUT2D eigenvalue weighted by Gasteiger charge is -2.39. The van der Waals surface area contributed by atoms with Crippen molar-refractivity contribution in [2.24, 2.45) is 11.8 Å². The summed E-state index contributed by atoms with van der Waals surface area (Å²) in [5, 5.41) is 10.6. The lowest BCUT2D eigenvalue weighted by atomic mass is 9.85. The monoisotopic (exact) mass is 584 g/mol. The van der Waals surface area contributed by atoms with E-state index in [1.54, 1.807) is 10.4 Å². The average molecular weight is 585 g/mol. The lowest BCUT2D eigenvalue weighted by Crippen LogP contribution is -2.53. The van der Waals surface area contributed by atoms with Gasteiger partial charge in [0.15, 0.2) is 5.69 Å². The number of fused-ring (bicyclic) bond motifs is 2. The summed E-state index contributed by atoms with van der Waals surface area (Å²) in [6.45, 7) is 1.94. The number of aromatic nitrogens is 1. The van der Waals surface area contributed by atoms with Crippen molar-refractivity contribution in [2.45, 2.75) is 113 Å². The number of carbonyl (C=O) groups is 1. The van der Waals surface area contributed by atoms with E-state index in [1.807, 2.05) is 0 Å². The van der Waals surface area contributed by atoms with Crippen LogP contribution in [0.3, 0.4) is 0 Å². The zero-order valence-electron chi connectivity index (χ0n) is 23.0. The molecule has 6 rings (SSSR count). The van der Waals surface area contributed by atoms with E-state index in [4.69, 9.17) is 9.26 Å². The Bertz CT molecular complexity index is 1130. The first-order valence-corrected chi connectivity index (χ1v) is 16.7. The zero-order chi connectivity index (χ0) is 27.9. The van der Waals surface area contributed by atoms with Crippen LogP contribution in [0.15, 0.2) is 10.6 Å². The zero-order valence-corrected chi connectivity index (χ0v) is 23.8. The quantitative estimate of drug-likeness (QED) is 0.454. The van der Waals surface area contributed by atoms with Crippen LogP contribution in [0, 0.1) is 11.8 Å². The molecule has 1 unspecified atom stereocenters. The van der Waals surface area contributed by atoms with Gasteiger partial charge >= 0.3 is 0 Å². The van der Waals surface area contributed by atoms with Crippen LogP contribution >= 0.6 is 0 Å². The molecule has 40 heavy (non-hydrogen) atoms. The van der Waals surface area contributed by atoms with E-state index >= 15 is 0 Å². The van der Waals surface area contributed by atoms with Gasteiger partial charge in [-0.05, 0) is 82.6 Å². The summed E-state index contributed by atoms with van der Waals surface area (Å²) < 4.78 is 66.2. The maximum absolute atomic E-state index is 13.6. The summed E-state index contributed by atoms with van der Waals surface area (Å²) >= 11 is 0. The largest absolute Gasteiger partial charge is 0.380 e. The highest BCUT2D eigenvalue weighted by atomic mass is 32.2. The number of amides is 1. The number of carbonyl (C=O) groups excluding carboxylic acids is 1. The fourth-order valence-corrected chi connectivity index (χ4v) is 9.90. The number of nitrogens with one attached hydrogen (secondary N) is 2. The predicted molar refractivity (Wildman–Crippen MR) is 144 cm³/mol. The number of hydrogen-bond acceptors (Lipinski definition) is 7. The van der Waals surface area contributed by atoms with Gasteiger partial charge < -0.3 is 19.9 Å². The number of rotatable bonds is 9. The molecule has 4 heterocycles. The summed E-state index contributed by atoms with van der Waals surface area (Å²) in [5.74, 6) is -1.29. The number of piperidine rings is 1. The maximum atomic E-state index is 13.6. The molecule has 3 saturated heterocycles. The van der Waals surface area contributed by atoms with E-state index in [1.165, 1.54) is 0 Å². The maximum Gasteiger partial charge on any atom is 0.273 e. The van der Waals surface area contributed by atoms with Gasteiger partial charge in [0.1, 0.15) is 5.76 Å². The minimum atomic E-state index is -3.39.